The van der Waals surface area contributed by atoms with Crippen molar-refractivity contribution in [1.82, 2.24) is 5.32 Å². The van der Waals surface area contributed by atoms with Crippen LogP contribution in [0.5, 0.6) is 11.5 Å². The molecule has 0 bridgehead atoms. The maximum Gasteiger partial charge on any atom is 0.176 e. The van der Waals surface area contributed by atoms with Crippen LogP contribution in [0, 0.1) is 0 Å². The van der Waals surface area contributed by atoms with Crippen LogP contribution in [0.1, 0.15) is 11.1 Å². The first-order chi connectivity index (χ1) is 7.70. The van der Waals surface area contributed by atoms with Crippen LogP contribution in [-0.4, -0.2) is 20.8 Å². The van der Waals surface area contributed by atoms with Gasteiger partial charge in [0, 0.05) is 6.54 Å². The maximum absolute atomic E-state index is 5.39. The van der Waals surface area contributed by atoms with E-state index in [0.717, 1.165) is 40.0 Å². The molecular weight excluding hydrogens is 338 g/mol. The summed E-state index contributed by atoms with van der Waals surface area (Å²) in [5.41, 5.74) is 2.54. The lowest BCUT2D eigenvalue weighted by molar-refractivity contribution is 0.349. The van der Waals surface area contributed by atoms with Crippen molar-refractivity contribution in [2.75, 3.05) is 20.8 Å². The SMILES string of the molecule is COc1c(Br)c2c(c(Br)c1OC)CNCC2. The Morgan fingerprint density at radius 2 is 1.56 bits per heavy atom. The minimum Gasteiger partial charge on any atom is -0.492 e. The molecule has 0 fully saturated rings. The van der Waals surface area contributed by atoms with Crippen molar-refractivity contribution in [3.05, 3.63) is 20.1 Å². The molecule has 0 atom stereocenters. The van der Waals surface area contributed by atoms with Gasteiger partial charge in [-0.3, -0.25) is 0 Å². The Hall–Kier alpha value is -0.260. The molecule has 3 nitrogen and oxygen atoms in total. The number of benzene rings is 1. The Labute approximate surface area is 112 Å². The molecule has 1 aromatic carbocycles. The highest BCUT2D eigenvalue weighted by molar-refractivity contribution is 9.11. The minimum absolute atomic E-state index is 0.747. The molecule has 88 valence electrons. The number of ether oxygens (including phenoxy) is 2. The van der Waals surface area contributed by atoms with Gasteiger partial charge in [-0.15, -0.1) is 0 Å². The highest BCUT2D eigenvalue weighted by Gasteiger charge is 2.24. The van der Waals surface area contributed by atoms with Crippen molar-refractivity contribution in [3.63, 3.8) is 0 Å². The lowest BCUT2D eigenvalue weighted by Gasteiger charge is -2.23. The van der Waals surface area contributed by atoms with Crippen LogP contribution in [-0.2, 0) is 13.0 Å². The van der Waals surface area contributed by atoms with E-state index in [2.05, 4.69) is 37.2 Å². The fourth-order valence-corrected chi connectivity index (χ4v) is 3.48. The average molecular weight is 351 g/mol. The summed E-state index contributed by atoms with van der Waals surface area (Å²) in [4.78, 5) is 0. The van der Waals surface area contributed by atoms with E-state index < -0.39 is 0 Å². The fourth-order valence-electron chi connectivity index (χ4n) is 1.97. The first kappa shape index (κ1) is 12.2. The standard InChI is InChI=1S/C11H13Br2NO2/c1-15-10-8(12)6-3-4-14-5-7(6)9(13)11(10)16-2/h14H,3-5H2,1-2H3. The normalized spacial score (nSPS) is 14.5. The largest absolute Gasteiger partial charge is 0.492 e. The first-order valence-corrected chi connectivity index (χ1v) is 6.60. The molecule has 0 aromatic heterocycles. The number of hydrogen-bond acceptors (Lipinski definition) is 3. The second-order valence-corrected chi connectivity index (χ2v) is 5.16. The minimum atomic E-state index is 0.747. The number of hydrogen-bond donors (Lipinski definition) is 1. The molecule has 0 saturated carbocycles. The van der Waals surface area contributed by atoms with Gasteiger partial charge in [-0.25, -0.2) is 0 Å². The smallest absolute Gasteiger partial charge is 0.176 e. The molecule has 1 aliphatic heterocycles. The Bertz CT molecular complexity index is 365. The summed E-state index contributed by atoms with van der Waals surface area (Å²) in [7, 11) is 3.31. The monoisotopic (exact) mass is 349 g/mol. The summed E-state index contributed by atoms with van der Waals surface area (Å²) in [6.45, 7) is 1.85. The molecule has 1 heterocycles. The zero-order chi connectivity index (χ0) is 11.7. The summed E-state index contributed by atoms with van der Waals surface area (Å²) >= 11 is 7.19. The third-order valence-corrected chi connectivity index (χ3v) is 4.44. The van der Waals surface area contributed by atoms with E-state index in [0.29, 0.717) is 0 Å². The molecule has 0 aliphatic carbocycles. The number of nitrogens with one attached hydrogen (secondary N) is 1. The van der Waals surface area contributed by atoms with Gasteiger partial charge in [0.25, 0.3) is 0 Å². The average Bonchev–Trinajstić information content (AvgIpc) is 2.33. The number of rotatable bonds is 2. The molecule has 0 amide bonds. The van der Waals surface area contributed by atoms with Gasteiger partial charge >= 0.3 is 0 Å². The number of fused-ring (bicyclic) bond motifs is 1. The second kappa shape index (κ2) is 4.94. The molecule has 1 N–H and O–H groups in total. The van der Waals surface area contributed by atoms with Gasteiger partial charge in [-0.1, -0.05) is 0 Å². The lowest BCUT2D eigenvalue weighted by Crippen LogP contribution is -2.24. The Morgan fingerprint density at radius 3 is 2.12 bits per heavy atom. The van der Waals surface area contributed by atoms with Gasteiger partial charge in [0.1, 0.15) is 0 Å². The van der Waals surface area contributed by atoms with Crippen molar-refractivity contribution in [2.24, 2.45) is 0 Å². The van der Waals surface area contributed by atoms with Gasteiger partial charge in [0.05, 0.1) is 23.2 Å². The molecule has 0 saturated heterocycles. The van der Waals surface area contributed by atoms with Crippen molar-refractivity contribution in [1.29, 1.82) is 0 Å². The number of halogens is 2. The van der Waals surface area contributed by atoms with Crippen LogP contribution in [0.25, 0.3) is 0 Å². The molecule has 0 unspecified atom stereocenters. The van der Waals surface area contributed by atoms with E-state index in [1.54, 1.807) is 14.2 Å². The van der Waals surface area contributed by atoms with E-state index in [1.807, 2.05) is 0 Å². The van der Waals surface area contributed by atoms with Gasteiger partial charge in [0.2, 0.25) is 0 Å². The van der Waals surface area contributed by atoms with Crippen molar-refractivity contribution in [2.45, 2.75) is 13.0 Å². The van der Waals surface area contributed by atoms with Gasteiger partial charge in [-0.05, 0) is 56.0 Å². The molecule has 1 aliphatic rings. The molecule has 16 heavy (non-hydrogen) atoms. The Morgan fingerprint density at radius 1 is 1.00 bits per heavy atom. The van der Waals surface area contributed by atoms with Crippen molar-refractivity contribution >= 4 is 31.9 Å². The van der Waals surface area contributed by atoms with Crippen LogP contribution >= 0.6 is 31.9 Å². The van der Waals surface area contributed by atoms with Crippen LogP contribution in [0.4, 0.5) is 0 Å². The molecule has 0 radical (unpaired) electrons. The summed E-state index contributed by atoms with van der Waals surface area (Å²) in [6.07, 6.45) is 0.995. The van der Waals surface area contributed by atoms with Crippen molar-refractivity contribution in [3.8, 4) is 11.5 Å². The Balaban J connectivity index is 2.69. The highest BCUT2D eigenvalue weighted by atomic mass is 79.9. The summed E-state index contributed by atoms with van der Waals surface area (Å²) in [6, 6.07) is 0. The predicted molar refractivity (Wildman–Crippen MR) is 70.4 cm³/mol. The third-order valence-electron chi connectivity index (χ3n) is 2.76. The maximum atomic E-state index is 5.39. The number of methoxy groups -OCH3 is 2. The third kappa shape index (κ3) is 1.85. The lowest BCUT2D eigenvalue weighted by atomic mass is 10.00. The van der Waals surface area contributed by atoms with Gasteiger partial charge in [0.15, 0.2) is 11.5 Å². The van der Waals surface area contributed by atoms with Crippen molar-refractivity contribution < 1.29 is 9.47 Å². The second-order valence-electron chi connectivity index (χ2n) is 3.58. The van der Waals surface area contributed by atoms with E-state index >= 15 is 0 Å². The fraction of sp³-hybridized carbons (Fsp3) is 0.455. The summed E-state index contributed by atoms with van der Waals surface area (Å²) in [5.74, 6) is 1.51. The molecule has 1 aromatic rings. The zero-order valence-corrected chi connectivity index (χ0v) is 12.4. The molecule has 5 heteroatoms. The first-order valence-electron chi connectivity index (χ1n) is 5.02. The van der Waals surface area contributed by atoms with E-state index in [1.165, 1.54) is 11.1 Å². The zero-order valence-electron chi connectivity index (χ0n) is 9.19. The quantitative estimate of drug-likeness (QED) is 0.889. The predicted octanol–water partition coefficient (Wildman–Crippen LogP) is 2.87. The van der Waals surface area contributed by atoms with Crippen LogP contribution in [0.15, 0.2) is 8.95 Å². The van der Waals surface area contributed by atoms with Crippen LogP contribution < -0.4 is 14.8 Å². The Kier molecular flexibility index (Phi) is 3.77. The molecule has 2 rings (SSSR count). The summed E-state index contributed by atoms with van der Waals surface area (Å²) < 4.78 is 12.8. The van der Waals surface area contributed by atoms with E-state index in [-0.39, 0.29) is 0 Å². The van der Waals surface area contributed by atoms with Gasteiger partial charge in [-0.2, -0.15) is 0 Å². The van der Waals surface area contributed by atoms with Crippen LogP contribution in [0.2, 0.25) is 0 Å². The van der Waals surface area contributed by atoms with E-state index in [4.69, 9.17) is 9.47 Å². The highest BCUT2D eigenvalue weighted by Crippen LogP contribution is 2.46. The van der Waals surface area contributed by atoms with Crippen LogP contribution in [0.3, 0.4) is 0 Å². The van der Waals surface area contributed by atoms with E-state index in [9.17, 15) is 0 Å². The molecule has 0 spiro atoms. The summed E-state index contributed by atoms with van der Waals surface area (Å²) in [5, 5.41) is 3.35. The molecular formula is C11H13Br2NO2. The topological polar surface area (TPSA) is 30.5 Å². The van der Waals surface area contributed by atoms with Gasteiger partial charge < -0.3 is 14.8 Å².